The second-order valence-corrected chi connectivity index (χ2v) is 6.70. The van der Waals surface area contributed by atoms with E-state index < -0.39 is 10.0 Å². The molecule has 1 aromatic heterocycles. The van der Waals surface area contributed by atoms with Crippen molar-refractivity contribution in [2.24, 2.45) is 0 Å². The third-order valence-corrected chi connectivity index (χ3v) is 4.54. The lowest BCUT2D eigenvalue weighted by atomic mass is 10.1. The highest BCUT2D eigenvalue weighted by Crippen LogP contribution is 2.15. The molecule has 0 aliphatic carbocycles. The molecule has 0 bridgehead atoms. The molecular formula is C12H21N3O3S. The number of aromatic nitrogens is 2. The summed E-state index contributed by atoms with van der Waals surface area (Å²) in [6, 6.07) is 0. The topological polar surface area (TPSA) is 73.2 Å². The summed E-state index contributed by atoms with van der Waals surface area (Å²) >= 11 is 0. The van der Waals surface area contributed by atoms with E-state index in [0.717, 1.165) is 19.4 Å². The van der Waals surface area contributed by atoms with Crippen molar-refractivity contribution in [2.45, 2.75) is 45.3 Å². The van der Waals surface area contributed by atoms with Gasteiger partial charge in [0.15, 0.2) is 0 Å². The Morgan fingerprint density at radius 3 is 3.05 bits per heavy atom. The van der Waals surface area contributed by atoms with E-state index in [2.05, 4.69) is 9.82 Å². The highest BCUT2D eigenvalue weighted by molar-refractivity contribution is 7.92. The van der Waals surface area contributed by atoms with E-state index in [9.17, 15) is 8.42 Å². The van der Waals surface area contributed by atoms with Gasteiger partial charge in [-0.2, -0.15) is 5.10 Å². The number of hydrogen-bond acceptors (Lipinski definition) is 4. The molecule has 1 fully saturated rings. The van der Waals surface area contributed by atoms with E-state index in [4.69, 9.17) is 4.74 Å². The minimum absolute atomic E-state index is 0.129. The van der Waals surface area contributed by atoms with Crippen molar-refractivity contribution in [2.75, 3.05) is 17.1 Å². The minimum atomic E-state index is -3.24. The van der Waals surface area contributed by atoms with Crippen molar-refractivity contribution in [3.8, 4) is 0 Å². The van der Waals surface area contributed by atoms with Crippen molar-refractivity contribution in [1.82, 2.24) is 9.78 Å². The molecule has 1 aliphatic heterocycles. The average molecular weight is 287 g/mol. The van der Waals surface area contributed by atoms with E-state index in [1.165, 1.54) is 12.6 Å². The summed E-state index contributed by atoms with van der Waals surface area (Å²) in [5.41, 5.74) is 0.518. The molecule has 1 saturated heterocycles. The standard InChI is InChI=1S/C12H21N3O3S/c1-2-7-19(16,17)14-11-8-13-15(9-11)10-12-5-3-4-6-18-12/h8-9,12,14H,2-7,10H2,1H3/t12-/m0/s1. The maximum absolute atomic E-state index is 11.6. The van der Waals surface area contributed by atoms with Gasteiger partial charge in [-0.05, 0) is 25.7 Å². The van der Waals surface area contributed by atoms with Gasteiger partial charge in [0, 0.05) is 12.8 Å². The lowest BCUT2D eigenvalue weighted by Crippen LogP contribution is -2.24. The molecule has 1 aromatic rings. The second-order valence-electron chi connectivity index (χ2n) is 4.86. The first kappa shape index (κ1) is 14.3. The van der Waals surface area contributed by atoms with Gasteiger partial charge in [-0.3, -0.25) is 9.40 Å². The Kier molecular flexibility index (Phi) is 4.81. The van der Waals surface area contributed by atoms with Crippen LogP contribution in [0.4, 0.5) is 5.69 Å². The largest absolute Gasteiger partial charge is 0.376 e. The highest BCUT2D eigenvalue weighted by Gasteiger charge is 2.15. The number of nitrogens with one attached hydrogen (secondary N) is 1. The number of anilines is 1. The van der Waals surface area contributed by atoms with Crippen molar-refractivity contribution in [3.05, 3.63) is 12.4 Å². The van der Waals surface area contributed by atoms with Gasteiger partial charge < -0.3 is 4.74 Å². The van der Waals surface area contributed by atoms with E-state index in [1.807, 2.05) is 6.92 Å². The zero-order valence-electron chi connectivity index (χ0n) is 11.2. The number of rotatable bonds is 6. The van der Waals surface area contributed by atoms with Crippen LogP contribution in [0.1, 0.15) is 32.6 Å². The summed E-state index contributed by atoms with van der Waals surface area (Å²) in [6.07, 6.45) is 7.38. The lowest BCUT2D eigenvalue weighted by molar-refractivity contribution is 0.00401. The molecular weight excluding hydrogens is 266 g/mol. The molecule has 108 valence electrons. The summed E-state index contributed by atoms with van der Waals surface area (Å²) in [4.78, 5) is 0. The third-order valence-electron chi connectivity index (χ3n) is 3.04. The van der Waals surface area contributed by atoms with Crippen LogP contribution in [0.3, 0.4) is 0 Å². The fourth-order valence-corrected chi connectivity index (χ4v) is 3.28. The zero-order valence-corrected chi connectivity index (χ0v) is 12.0. The molecule has 1 aliphatic rings. The first-order valence-electron chi connectivity index (χ1n) is 6.73. The molecule has 6 nitrogen and oxygen atoms in total. The van der Waals surface area contributed by atoms with Crippen LogP contribution in [0, 0.1) is 0 Å². The Bertz CT molecular complexity index is 492. The van der Waals surface area contributed by atoms with Crippen LogP contribution in [0.2, 0.25) is 0 Å². The monoisotopic (exact) mass is 287 g/mol. The summed E-state index contributed by atoms with van der Waals surface area (Å²) in [6.45, 7) is 3.32. The highest BCUT2D eigenvalue weighted by atomic mass is 32.2. The van der Waals surface area contributed by atoms with Crippen LogP contribution >= 0.6 is 0 Å². The Labute approximate surface area is 114 Å². The first-order chi connectivity index (χ1) is 9.09. The van der Waals surface area contributed by atoms with Crippen LogP contribution in [0.15, 0.2) is 12.4 Å². The van der Waals surface area contributed by atoms with Crippen molar-refractivity contribution in [3.63, 3.8) is 0 Å². The van der Waals surface area contributed by atoms with E-state index in [-0.39, 0.29) is 11.9 Å². The fraction of sp³-hybridized carbons (Fsp3) is 0.750. The molecule has 0 radical (unpaired) electrons. The Morgan fingerprint density at radius 1 is 1.53 bits per heavy atom. The van der Waals surface area contributed by atoms with Gasteiger partial charge in [-0.25, -0.2) is 8.42 Å². The van der Waals surface area contributed by atoms with Crippen molar-refractivity contribution < 1.29 is 13.2 Å². The SMILES string of the molecule is CCCS(=O)(=O)Nc1cnn(C[C@@H]2CCCCO2)c1. The molecule has 0 spiro atoms. The van der Waals surface area contributed by atoms with Crippen molar-refractivity contribution in [1.29, 1.82) is 0 Å². The Morgan fingerprint density at radius 2 is 2.37 bits per heavy atom. The quantitative estimate of drug-likeness (QED) is 0.862. The second kappa shape index (κ2) is 6.38. The van der Waals surface area contributed by atoms with Crippen LogP contribution < -0.4 is 4.72 Å². The van der Waals surface area contributed by atoms with Crippen LogP contribution in [-0.2, 0) is 21.3 Å². The molecule has 2 rings (SSSR count). The Balaban J connectivity index is 1.91. The average Bonchev–Trinajstić information content (AvgIpc) is 2.76. The predicted octanol–water partition coefficient (Wildman–Crippen LogP) is 1.60. The Hall–Kier alpha value is -1.08. The van der Waals surface area contributed by atoms with E-state index >= 15 is 0 Å². The first-order valence-corrected chi connectivity index (χ1v) is 8.39. The van der Waals surface area contributed by atoms with Crippen LogP contribution in [0.25, 0.3) is 0 Å². The van der Waals surface area contributed by atoms with Gasteiger partial charge in [-0.1, -0.05) is 6.92 Å². The van der Waals surface area contributed by atoms with Gasteiger partial charge in [0.2, 0.25) is 10.0 Å². The number of sulfonamides is 1. The molecule has 7 heteroatoms. The molecule has 1 atom stereocenters. The number of nitrogens with zero attached hydrogens (tertiary/aromatic N) is 2. The van der Waals surface area contributed by atoms with Gasteiger partial charge in [-0.15, -0.1) is 0 Å². The van der Waals surface area contributed by atoms with Crippen LogP contribution in [-0.4, -0.2) is 36.7 Å². The summed E-state index contributed by atoms with van der Waals surface area (Å²) in [5.74, 6) is 0.129. The minimum Gasteiger partial charge on any atom is -0.376 e. The molecule has 0 amide bonds. The predicted molar refractivity (Wildman–Crippen MR) is 73.5 cm³/mol. The molecule has 0 saturated carbocycles. The molecule has 2 heterocycles. The van der Waals surface area contributed by atoms with Gasteiger partial charge in [0.25, 0.3) is 0 Å². The molecule has 0 unspecified atom stereocenters. The smallest absolute Gasteiger partial charge is 0.232 e. The maximum Gasteiger partial charge on any atom is 0.232 e. The van der Waals surface area contributed by atoms with Gasteiger partial charge in [0.1, 0.15) is 0 Å². The van der Waals surface area contributed by atoms with E-state index in [1.54, 1.807) is 10.9 Å². The number of hydrogen-bond donors (Lipinski definition) is 1. The summed E-state index contributed by atoms with van der Waals surface area (Å²) in [5, 5.41) is 4.16. The number of ether oxygens (including phenoxy) is 1. The maximum atomic E-state index is 11.6. The zero-order chi connectivity index (χ0) is 13.7. The summed E-state index contributed by atoms with van der Waals surface area (Å²) < 4.78 is 33.1. The normalized spacial score (nSPS) is 20.4. The summed E-state index contributed by atoms with van der Waals surface area (Å²) in [7, 11) is -3.24. The fourth-order valence-electron chi connectivity index (χ4n) is 2.18. The molecule has 0 aromatic carbocycles. The molecule has 19 heavy (non-hydrogen) atoms. The third kappa shape index (κ3) is 4.50. The van der Waals surface area contributed by atoms with Gasteiger partial charge in [0.05, 0.1) is 30.3 Å². The lowest BCUT2D eigenvalue weighted by Gasteiger charge is -2.22. The van der Waals surface area contributed by atoms with Crippen molar-refractivity contribution >= 4 is 15.7 Å². The van der Waals surface area contributed by atoms with Crippen LogP contribution in [0.5, 0.6) is 0 Å². The molecule has 1 N–H and O–H groups in total. The van der Waals surface area contributed by atoms with E-state index in [0.29, 0.717) is 18.7 Å². The van der Waals surface area contributed by atoms with Gasteiger partial charge >= 0.3 is 0 Å².